The number of anilines is 1. The van der Waals surface area contributed by atoms with Gasteiger partial charge in [-0.1, -0.05) is 43.0 Å². The van der Waals surface area contributed by atoms with E-state index in [1.54, 1.807) is 7.11 Å². The van der Waals surface area contributed by atoms with Gasteiger partial charge in [-0.25, -0.2) is 4.98 Å². The normalized spacial score (nSPS) is 12.3. The third-order valence-corrected chi connectivity index (χ3v) is 5.87. The van der Waals surface area contributed by atoms with Crippen LogP contribution >= 0.6 is 11.8 Å². The molecule has 154 valence electrons. The Bertz CT molecular complexity index is 999. The highest BCUT2D eigenvalue weighted by atomic mass is 32.2. The number of carbonyl (C=O) groups excluding carboxylic acids is 1. The Kier molecular flexibility index (Phi) is 6.98. The maximum Gasteiger partial charge on any atom is 0.237 e. The summed E-state index contributed by atoms with van der Waals surface area (Å²) in [6.07, 6.45) is 0.872. The number of aromatic amines is 1. The molecule has 0 saturated carbocycles. The lowest BCUT2D eigenvalue weighted by atomic mass is 10.0. The average molecular weight is 412 g/mol. The number of hydrogen-bond donors (Lipinski definition) is 1. The second-order valence-corrected chi connectivity index (χ2v) is 8.32. The summed E-state index contributed by atoms with van der Waals surface area (Å²) in [5, 5.41) is 0.763. The van der Waals surface area contributed by atoms with E-state index in [2.05, 4.69) is 48.9 Å². The van der Waals surface area contributed by atoms with E-state index in [1.165, 1.54) is 22.9 Å². The predicted molar refractivity (Wildman–Crippen MR) is 121 cm³/mol. The first-order valence-electron chi connectivity index (χ1n) is 9.93. The molecule has 1 N–H and O–H groups in total. The monoisotopic (exact) mass is 411 g/mol. The molecule has 6 heteroatoms. The van der Waals surface area contributed by atoms with Crippen LogP contribution in [0.3, 0.4) is 0 Å². The first kappa shape index (κ1) is 21.4. The number of hydrogen-bond acceptors (Lipinski definition) is 4. The van der Waals surface area contributed by atoms with Crippen LogP contribution in [0.5, 0.6) is 0 Å². The molecule has 0 aliphatic carbocycles. The van der Waals surface area contributed by atoms with Crippen LogP contribution in [0, 0.1) is 13.8 Å². The topological polar surface area (TPSA) is 58.2 Å². The molecule has 0 spiro atoms. The van der Waals surface area contributed by atoms with Crippen LogP contribution in [0.2, 0.25) is 0 Å². The summed E-state index contributed by atoms with van der Waals surface area (Å²) in [5.74, 6) is 0.366. The molecule has 0 aliphatic rings. The highest BCUT2D eigenvalue weighted by Gasteiger charge is 2.25. The van der Waals surface area contributed by atoms with Crippen molar-refractivity contribution in [2.45, 2.75) is 45.3 Å². The number of thioether (sulfide) groups is 1. The molecule has 29 heavy (non-hydrogen) atoms. The van der Waals surface area contributed by atoms with Crippen molar-refractivity contribution in [3.63, 3.8) is 0 Å². The van der Waals surface area contributed by atoms with Crippen molar-refractivity contribution in [2.75, 3.05) is 24.4 Å². The fourth-order valence-electron chi connectivity index (χ4n) is 3.62. The number of carbonyl (C=O) groups is 1. The standard InChI is InChI=1S/C23H29N3O2S/c1-6-18-9-7-8-16(3)22(18)26(17(4)13-28-5)21(27)14-29-23-24-19-11-10-15(2)12-20(19)25-23/h7-12,17H,6,13-14H2,1-5H3,(H,24,25)/t17-/m0/s1. The quantitative estimate of drug-likeness (QED) is 0.536. The minimum Gasteiger partial charge on any atom is -0.383 e. The zero-order chi connectivity index (χ0) is 21.0. The van der Waals surface area contributed by atoms with Crippen molar-refractivity contribution in [3.05, 3.63) is 53.1 Å². The van der Waals surface area contributed by atoms with Gasteiger partial charge in [-0.15, -0.1) is 0 Å². The Balaban J connectivity index is 1.85. The van der Waals surface area contributed by atoms with E-state index in [4.69, 9.17) is 4.74 Å². The number of fused-ring (bicyclic) bond motifs is 1. The number of rotatable bonds is 8. The molecular weight excluding hydrogens is 382 g/mol. The van der Waals surface area contributed by atoms with Gasteiger partial charge >= 0.3 is 0 Å². The summed E-state index contributed by atoms with van der Waals surface area (Å²) >= 11 is 1.44. The fraction of sp³-hybridized carbons (Fsp3) is 0.391. The second kappa shape index (κ2) is 9.46. The molecule has 1 atom stereocenters. The first-order chi connectivity index (χ1) is 13.9. The summed E-state index contributed by atoms with van der Waals surface area (Å²) in [6, 6.07) is 12.3. The molecular formula is C23H29N3O2S. The van der Waals surface area contributed by atoms with Crippen LogP contribution in [0.25, 0.3) is 11.0 Å². The van der Waals surface area contributed by atoms with Gasteiger partial charge in [0, 0.05) is 7.11 Å². The number of methoxy groups -OCH3 is 1. The Labute approximate surface area is 176 Å². The van der Waals surface area contributed by atoms with Crippen LogP contribution < -0.4 is 4.90 Å². The summed E-state index contributed by atoms with van der Waals surface area (Å²) in [4.78, 5) is 23.1. The van der Waals surface area contributed by atoms with E-state index in [0.717, 1.165) is 33.9 Å². The molecule has 0 radical (unpaired) electrons. The summed E-state index contributed by atoms with van der Waals surface area (Å²) < 4.78 is 5.36. The molecule has 3 aromatic rings. The van der Waals surface area contributed by atoms with E-state index < -0.39 is 0 Å². The molecule has 3 rings (SSSR count). The molecule has 1 heterocycles. The van der Waals surface area contributed by atoms with Gasteiger partial charge in [0.2, 0.25) is 5.91 Å². The van der Waals surface area contributed by atoms with Crippen LogP contribution in [-0.4, -0.2) is 41.4 Å². The van der Waals surface area contributed by atoms with Gasteiger partial charge in [-0.3, -0.25) is 4.79 Å². The molecule has 2 aromatic carbocycles. The lowest BCUT2D eigenvalue weighted by molar-refractivity contribution is -0.116. The number of benzene rings is 2. The van der Waals surface area contributed by atoms with Gasteiger partial charge in [0.15, 0.2) is 5.16 Å². The average Bonchev–Trinajstić information content (AvgIpc) is 3.10. The Morgan fingerprint density at radius 3 is 2.79 bits per heavy atom. The second-order valence-electron chi connectivity index (χ2n) is 7.36. The van der Waals surface area contributed by atoms with Crippen LogP contribution in [-0.2, 0) is 16.0 Å². The lowest BCUT2D eigenvalue weighted by Gasteiger charge is -2.32. The molecule has 1 amide bonds. The Hall–Kier alpha value is -2.31. The molecule has 5 nitrogen and oxygen atoms in total. The van der Waals surface area contributed by atoms with Crippen molar-refractivity contribution in [3.8, 4) is 0 Å². The molecule has 0 bridgehead atoms. The van der Waals surface area contributed by atoms with Crippen molar-refractivity contribution in [1.29, 1.82) is 0 Å². The van der Waals surface area contributed by atoms with Crippen LogP contribution in [0.4, 0.5) is 5.69 Å². The fourth-order valence-corrected chi connectivity index (χ4v) is 4.37. The lowest BCUT2D eigenvalue weighted by Crippen LogP contribution is -2.43. The Morgan fingerprint density at radius 2 is 2.07 bits per heavy atom. The number of H-pyrrole nitrogens is 1. The molecule has 0 fully saturated rings. The SMILES string of the molecule is CCc1cccc(C)c1N(C(=O)CSc1nc2ccc(C)cc2[nH]1)[C@@H](C)COC. The number of aromatic nitrogens is 2. The zero-order valence-corrected chi connectivity index (χ0v) is 18.6. The molecule has 0 saturated heterocycles. The van der Waals surface area contributed by atoms with Gasteiger partial charge in [0.25, 0.3) is 0 Å². The van der Waals surface area contributed by atoms with Crippen molar-refractivity contribution in [2.24, 2.45) is 0 Å². The molecule has 0 unspecified atom stereocenters. The highest BCUT2D eigenvalue weighted by Crippen LogP contribution is 2.29. The molecule has 0 aliphatic heterocycles. The van der Waals surface area contributed by atoms with Crippen molar-refractivity contribution in [1.82, 2.24) is 9.97 Å². The summed E-state index contributed by atoms with van der Waals surface area (Å²) in [6.45, 7) is 8.75. The van der Waals surface area contributed by atoms with Crippen molar-refractivity contribution < 1.29 is 9.53 Å². The minimum absolute atomic E-state index is 0.0557. The molecule has 1 aromatic heterocycles. The van der Waals surface area contributed by atoms with Crippen LogP contribution in [0.15, 0.2) is 41.6 Å². The first-order valence-corrected chi connectivity index (χ1v) is 10.9. The number of ether oxygens (including phenoxy) is 1. The summed E-state index contributed by atoms with van der Waals surface area (Å²) in [5.41, 5.74) is 6.37. The number of imidazole rings is 1. The van der Waals surface area contributed by atoms with Crippen molar-refractivity contribution >= 4 is 34.4 Å². The number of aryl methyl sites for hydroxylation is 3. The van der Waals surface area contributed by atoms with Gasteiger partial charge in [0.05, 0.1) is 35.1 Å². The maximum absolute atomic E-state index is 13.3. The third-order valence-electron chi connectivity index (χ3n) is 5.01. The van der Waals surface area contributed by atoms with Gasteiger partial charge < -0.3 is 14.6 Å². The predicted octanol–water partition coefficient (Wildman–Crippen LogP) is 4.90. The Morgan fingerprint density at radius 1 is 1.28 bits per heavy atom. The van der Waals surface area contributed by atoms with E-state index in [-0.39, 0.29) is 11.9 Å². The third kappa shape index (κ3) is 4.82. The van der Waals surface area contributed by atoms with Gasteiger partial charge in [-0.2, -0.15) is 0 Å². The number of amides is 1. The van der Waals surface area contributed by atoms with E-state index in [1.807, 2.05) is 30.0 Å². The minimum atomic E-state index is -0.0576. The summed E-state index contributed by atoms with van der Waals surface area (Å²) in [7, 11) is 1.67. The maximum atomic E-state index is 13.3. The largest absolute Gasteiger partial charge is 0.383 e. The van der Waals surface area contributed by atoms with E-state index in [0.29, 0.717) is 12.4 Å². The smallest absolute Gasteiger partial charge is 0.237 e. The van der Waals surface area contributed by atoms with E-state index in [9.17, 15) is 4.79 Å². The van der Waals surface area contributed by atoms with Gasteiger partial charge in [-0.05, 0) is 56.0 Å². The number of nitrogens with one attached hydrogen (secondary N) is 1. The van der Waals surface area contributed by atoms with E-state index >= 15 is 0 Å². The number of para-hydroxylation sites is 1. The number of nitrogens with zero attached hydrogens (tertiary/aromatic N) is 2. The van der Waals surface area contributed by atoms with Gasteiger partial charge in [0.1, 0.15) is 0 Å². The van der Waals surface area contributed by atoms with Crippen LogP contribution in [0.1, 0.15) is 30.5 Å². The zero-order valence-electron chi connectivity index (χ0n) is 17.8. The highest BCUT2D eigenvalue weighted by molar-refractivity contribution is 7.99.